The highest BCUT2D eigenvalue weighted by molar-refractivity contribution is 5.88. The Morgan fingerprint density at radius 2 is 1.96 bits per heavy atom. The number of ether oxygens (including phenoxy) is 3. The number of aromatic nitrogens is 3. The lowest BCUT2D eigenvalue weighted by Crippen LogP contribution is -2.26. The van der Waals surface area contributed by atoms with Gasteiger partial charge in [0.05, 0.1) is 38.9 Å². The van der Waals surface area contributed by atoms with E-state index in [1.54, 1.807) is 26.6 Å². The minimum Gasteiger partial charge on any atom is -0.496 e. The summed E-state index contributed by atoms with van der Waals surface area (Å²) in [6, 6.07) is 5.84. The number of benzene rings is 1. The fourth-order valence-corrected chi connectivity index (χ4v) is 2.62. The van der Waals surface area contributed by atoms with Gasteiger partial charge in [0, 0.05) is 29.3 Å². The van der Waals surface area contributed by atoms with E-state index >= 15 is 0 Å². The van der Waals surface area contributed by atoms with Gasteiger partial charge in [0.2, 0.25) is 11.8 Å². The number of amides is 1. The summed E-state index contributed by atoms with van der Waals surface area (Å²) in [6.45, 7) is 0.422. The smallest absolute Gasteiger partial charge is 0.246 e. The Morgan fingerprint density at radius 3 is 2.62 bits per heavy atom. The molecule has 0 radical (unpaired) electrons. The summed E-state index contributed by atoms with van der Waals surface area (Å²) in [5.41, 5.74) is 3.28. The molecule has 3 rings (SSSR count). The van der Waals surface area contributed by atoms with Crippen molar-refractivity contribution in [2.24, 2.45) is 0 Å². The SMILES string of the molecule is COCC(=O)NCc1cc2cc(OC)c(-c3cnc(OC)cn3)cc2[nH]1. The van der Waals surface area contributed by atoms with Crippen molar-refractivity contribution in [3.05, 3.63) is 36.3 Å². The molecule has 0 bridgehead atoms. The summed E-state index contributed by atoms with van der Waals surface area (Å²) >= 11 is 0. The van der Waals surface area contributed by atoms with Crippen LogP contribution in [0.4, 0.5) is 0 Å². The van der Waals surface area contributed by atoms with E-state index in [0.717, 1.165) is 22.2 Å². The second-order valence-corrected chi connectivity index (χ2v) is 5.59. The molecule has 0 aliphatic rings. The number of aromatic amines is 1. The molecule has 136 valence electrons. The Kier molecular flexibility index (Phi) is 5.33. The number of nitrogens with zero attached hydrogens (tertiary/aromatic N) is 2. The molecule has 2 aromatic heterocycles. The van der Waals surface area contributed by atoms with Crippen LogP contribution in [0.15, 0.2) is 30.6 Å². The van der Waals surface area contributed by atoms with Crippen LogP contribution >= 0.6 is 0 Å². The quantitative estimate of drug-likeness (QED) is 0.671. The van der Waals surface area contributed by atoms with Gasteiger partial charge >= 0.3 is 0 Å². The summed E-state index contributed by atoms with van der Waals surface area (Å²) in [5, 5.41) is 3.76. The van der Waals surface area contributed by atoms with E-state index in [-0.39, 0.29) is 12.5 Å². The first-order chi connectivity index (χ1) is 12.6. The molecule has 8 heteroatoms. The molecule has 2 heterocycles. The second-order valence-electron chi connectivity index (χ2n) is 5.59. The molecule has 0 saturated heterocycles. The van der Waals surface area contributed by atoms with Crippen molar-refractivity contribution in [3.63, 3.8) is 0 Å². The van der Waals surface area contributed by atoms with Crippen molar-refractivity contribution >= 4 is 16.8 Å². The van der Waals surface area contributed by atoms with Crippen molar-refractivity contribution in [2.45, 2.75) is 6.54 Å². The van der Waals surface area contributed by atoms with E-state index in [2.05, 4.69) is 20.3 Å². The van der Waals surface area contributed by atoms with Crippen LogP contribution in [0.25, 0.3) is 22.2 Å². The van der Waals surface area contributed by atoms with Crippen LogP contribution in [0.5, 0.6) is 11.6 Å². The van der Waals surface area contributed by atoms with Crippen LogP contribution in [0.1, 0.15) is 5.69 Å². The normalized spacial score (nSPS) is 10.7. The largest absolute Gasteiger partial charge is 0.496 e. The number of hydrogen-bond donors (Lipinski definition) is 2. The van der Waals surface area contributed by atoms with E-state index in [1.165, 1.54) is 7.11 Å². The molecule has 2 N–H and O–H groups in total. The van der Waals surface area contributed by atoms with E-state index in [4.69, 9.17) is 14.2 Å². The van der Waals surface area contributed by atoms with Gasteiger partial charge in [-0.25, -0.2) is 9.97 Å². The number of H-pyrrole nitrogens is 1. The number of nitrogens with one attached hydrogen (secondary N) is 2. The minimum atomic E-state index is -0.169. The van der Waals surface area contributed by atoms with Crippen molar-refractivity contribution < 1.29 is 19.0 Å². The molecule has 1 amide bonds. The van der Waals surface area contributed by atoms with Crippen molar-refractivity contribution in [1.29, 1.82) is 0 Å². The van der Waals surface area contributed by atoms with Gasteiger partial charge in [0.15, 0.2) is 0 Å². The van der Waals surface area contributed by atoms with Gasteiger partial charge in [-0.1, -0.05) is 0 Å². The maximum absolute atomic E-state index is 11.5. The zero-order chi connectivity index (χ0) is 18.5. The summed E-state index contributed by atoms with van der Waals surface area (Å²) in [5.74, 6) is 0.964. The van der Waals surface area contributed by atoms with Gasteiger partial charge in [-0.2, -0.15) is 0 Å². The van der Waals surface area contributed by atoms with Gasteiger partial charge in [0.25, 0.3) is 0 Å². The third kappa shape index (κ3) is 3.75. The summed E-state index contributed by atoms with van der Waals surface area (Å²) in [6.07, 6.45) is 3.20. The van der Waals surface area contributed by atoms with E-state index in [0.29, 0.717) is 23.9 Å². The van der Waals surface area contributed by atoms with E-state index in [9.17, 15) is 4.79 Å². The molecule has 8 nitrogen and oxygen atoms in total. The fourth-order valence-electron chi connectivity index (χ4n) is 2.62. The maximum atomic E-state index is 11.5. The van der Waals surface area contributed by atoms with Gasteiger partial charge in [-0.05, 0) is 18.2 Å². The standard InChI is InChI=1S/C18H20N4O4/c1-24-10-17(23)20-7-12-4-11-5-16(25-2)13(6-14(11)22-12)15-8-21-18(26-3)9-19-15/h4-6,8-9,22H,7,10H2,1-3H3,(H,20,23). The molecule has 0 unspecified atom stereocenters. The molecular formula is C18H20N4O4. The molecule has 0 atom stereocenters. The molecule has 3 aromatic rings. The lowest BCUT2D eigenvalue weighted by molar-refractivity contribution is -0.124. The zero-order valence-electron chi connectivity index (χ0n) is 14.8. The number of carbonyl (C=O) groups excluding carboxylic acids is 1. The highest BCUT2D eigenvalue weighted by atomic mass is 16.5. The van der Waals surface area contributed by atoms with Crippen LogP contribution in [-0.4, -0.2) is 48.8 Å². The summed E-state index contributed by atoms with van der Waals surface area (Å²) in [7, 11) is 4.64. The van der Waals surface area contributed by atoms with Gasteiger partial charge < -0.3 is 24.5 Å². The number of hydrogen-bond acceptors (Lipinski definition) is 6. The van der Waals surface area contributed by atoms with Crippen molar-refractivity contribution in [3.8, 4) is 22.9 Å². The molecule has 26 heavy (non-hydrogen) atoms. The minimum absolute atomic E-state index is 0.0361. The predicted molar refractivity (Wildman–Crippen MR) is 96.2 cm³/mol. The molecule has 0 aliphatic heterocycles. The van der Waals surface area contributed by atoms with Crippen molar-refractivity contribution in [2.75, 3.05) is 27.9 Å². The van der Waals surface area contributed by atoms with Crippen LogP contribution < -0.4 is 14.8 Å². The Balaban J connectivity index is 1.90. The molecule has 0 saturated carbocycles. The van der Waals surface area contributed by atoms with E-state index < -0.39 is 0 Å². The highest BCUT2D eigenvalue weighted by Crippen LogP contribution is 2.33. The third-order valence-corrected chi connectivity index (χ3v) is 3.86. The van der Waals surface area contributed by atoms with Crippen LogP contribution in [-0.2, 0) is 16.1 Å². The Hall–Kier alpha value is -3.13. The first-order valence-electron chi connectivity index (χ1n) is 7.96. The van der Waals surface area contributed by atoms with Gasteiger partial charge in [-0.3, -0.25) is 4.79 Å². The average Bonchev–Trinajstić information content (AvgIpc) is 3.07. The Morgan fingerprint density at radius 1 is 1.12 bits per heavy atom. The third-order valence-electron chi connectivity index (χ3n) is 3.86. The summed E-state index contributed by atoms with van der Waals surface area (Å²) in [4.78, 5) is 23.4. The highest BCUT2D eigenvalue weighted by Gasteiger charge is 2.12. The number of rotatable bonds is 7. The molecule has 1 aromatic carbocycles. The van der Waals surface area contributed by atoms with Crippen molar-refractivity contribution in [1.82, 2.24) is 20.3 Å². The Labute approximate surface area is 150 Å². The Bertz CT molecular complexity index is 905. The summed E-state index contributed by atoms with van der Waals surface area (Å²) < 4.78 is 15.4. The lowest BCUT2D eigenvalue weighted by atomic mass is 10.1. The van der Waals surface area contributed by atoms with Crippen LogP contribution in [0.2, 0.25) is 0 Å². The van der Waals surface area contributed by atoms with Gasteiger partial charge in [0.1, 0.15) is 12.4 Å². The number of methoxy groups -OCH3 is 3. The molecule has 0 spiro atoms. The molecular weight excluding hydrogens is 336 g/mol. The lowest BCUT2D eigenvalue weighted by Gasteiger charge is -2.08. The number of carbonyl (C=O) groups is 1. The molecule has 0 aliphatic carbocycles. The van der Waals surface area contributed by atoms with Gasteiger partial charge in [-0.15, -0.1) is 0 Å². The fraction of sp³-hybridized carbons (Fsp3) is 0.278. The first-order valence-corrected chi connectivity index (χ1v) is 7.96. The van der Waals surface area contributed by atoms with E-state index in [1.807, 2.05) is 18.2 Å². The maximum Gasteiger partial charge on any atom is 0.246 e. The van der Waals surface area contributed by atoms with Crippen LogP contribution in [0, 0.1) is 0 Å². The zero-order valence-corrected chi connectivity index (χ0v) is 14.8. The topological polar surface area (TPSA) is 98.4 Å². The molecule has 0 fully saturated rings. The monoisotopic (exact) mass is 356 g/mol. The van der Waals surface area contributed by atoms with Crippen LogP contribution in [0.3, 0.4) is 0 Å². The number of fused-ring (bicyclic) bond motifs is 1. The second kappa shape index (κ2) is 7.83. The average molecular weight is 356 g/mol. The predicted octanol–water partition coefficient (Wildman–Crippen LogP) is 1.90. The first kappa shape index (κ1) is 17.7.